The first-order chi connectivity index (χ1) is 8.06. The Balaban J connectivity index is 1.82. The molecule has 17 heavy (non-hydrogen) atoms. The number of amides is 2. The predicted molar refractivity (Wildman–Crippen MR) is 64.4 cm³/mol. The van der Waals surface area contributed by atoms with Gasteiger partial charge in [-0.3, -0.25) is 9.59 Å². The molecule has 0 aromatic rings. The van der Waals surface area contributed by atoms with Crippen molar-refractivity contribution in [2.24, 2.45) is 5.92 Å². The SMILES string of the molecule is CN1CCC(NC(=O)C2CCN(C)C(=O)C2)C1. The highest BCUT2D eigenvalue weighted by molar-refractivity contribution is 5.87. The fourth-order valence-electron chi connectivity index (χ4n) is 2.54. The lowest BCUT2D eigenvalue weighted by atomic mass is 9.95. The molecule has 0 spiro atoms. The van der Waals surface area contributed by atoms with E-state index in [0.717, 1.165) is 25.9 Å². The van der Waals surface area contributed by atoms with Crippen molar-refractivity contribution in [1.29, 1.82) is 0 Å². The summed E-state index contributed by atoms with van der Waals surface area (Å²) in [5, 5.41) is 3.06. The van der Waals surface area contributed by atoms with Gasteiger partial charge in [-0.15, -0.1) is 0 Å². The summed E-state index contributed by atoms with van der Waals surface area (Å²) in [6, 6.07) is 0.266. The molecule has 2 unspecified atom stereocenters. The smallest absolute Gasteiger partial charge is 0.223 e. The van der Waals surface area contributed by atoms with Gasteiger partial charge in [-0.05, 0) is 26.4 Å². The van der Waals surface area contributed by atoms with E-state index in [1.54, 1.807) is 11.9 Å². The summed E-state index contributed by atoms with van der Waals surface area (Å²) < 4.78 is 0. The van der Waals surface area contributed by atoms with Crippen LogP contribution in [-0.2, 0) is 9.59 Å². The van der Waals surface area contributed by atoms with E-state index < -0.39 is 0 Å². The zero-order chi connectivity index (χ0) is 12.4. The van der Waals surface area contributed by atoms with Crippen LogP contribution in [0.15, 0.2) is 0 Å². The molecule has 2 amide bonds. The molecule has 2 saturated heterocycles. The minimum atomic E-state index is -0.121. The molecule has 0 aromatic heterocycles. The van der Waals surface area contributed by atoms with Crippen LogP contribution >= 0.6 is 0 Å². The number of piperidine rings is 1. The third-order valence-corrected chi connectivity index (χ3v) is 3.77. The molecule has 5 nitrogen and oxygen atoms in total. The Labute approximate surface area is 102 Å². The maximum atomic E-state index is 12.0. The predicted octanol–water partition coefficient (Wildman–Crippen LogP) is -0.325. The van der Waals surface area contributed by atoms with Gasteiger partial charge >= 0.3 is 0 Å². The molecule has 1 N–H and O–H groups in total. The summed E-state index contributed by atoms with van der Waals surface area (Å²) in [6.07, 6.45) is 2.17. The largest absolute Gasteiger partial charge is 0.352 e. The molecule has 0 bridgehead atoms. The zero-order valence-corrected chi connectivity index (χ0v) is 10.6. The topological polar surface area (TPSA) is 52.7 Å². The summed E-state index contributed by atoms with van der Waals surface area (Å²) in [5.41, 5.74) is 0. The summed E-state index contributed by atoms with van der Waals surface area (Å²) in [4.78, 5) is 27.5. The summed E-state index contributed by atoms with van der Waals surface area (Å²) >= 11 is 0. The van der Waals surface area contributed by atoms with E-state index in [2.05, 4.69) is 17.3 Å². The van der Waals surface area contributed by atoms with E-state index in [4.69, 9.17) is 0 Å². The van der Waals surface area contributed by atoms with Crippen molar-refractivity contribution in [2.75, 3.05) is 33.7 Å². The van der Waals surface area contributed by atoms with Crippen LogP contribution in [0.3, 0.4) is 0 Å². The molecule has 2 aliphatic heterocycles. The first kappa shape index (κ1) is 12.4. The third-order valence-electron chi connectivity index (χ3n) is 3.77. The molecule has 2 heterocycles. The van der Waals surface area contributed by atoms with Gasteiger partial charge < -0.3 is 15.1 Å². The highest BCUT2D eigenvalue weighted by atomic mass is 16.2. The van der Waals surface area contributed by atoms with Crippen LogP contribution in [0.1, 0.15) is 19.3 Å². The van der Waals surface area contributed by atoms with Gasteiger partial charge in [-0.2, -0.15) is 0 Å². The normalized spacial score (nSPS) is 30.7. The number of nitrogens with one attached hydrogen (secondary N) is 1. The van der Waals surface area contributed by atoms with E-state index in [1.807, 2.05) is 0 Å². The maximum Gasteiger partial charge on any atom is 0.223 e. The van der Waals surface area contributed by atoms with Gasteiger partial charge in [0, 0.05) is 38.5 Å². The number of likely N-dealkylation sites (tertiary alicyclic amines) is 2. The highest BCUT2D eigenvalue weighted by Crippen LogP contribution is 2.18. The van der Waals surface area contributed by atoms with Crippen LogP contribution in [0.2, 0.25) is 0 Å². The van der Waals surface area contributed by atoms with E-state index in [0.29, 0.717) is 13.0 Å². The first-order valence-electron chi connectivity index (χ1n) is 6.29. The van der Waals surface area contributed by atoms with E-state index in [-0.39, 0.29) is 23.8 Å². The molecule has 2 atom stereocenters. The van der Waals surface area contributed by atoms with Crippen molar-refractivity contribution < 1.29 is 9.59 Å². The fourth-order valence-corrected chi connectivity index (χ4v) is 2.54. The minimum Gasteiger partial charge on any atom is -0.352 e. The number of carbonyl (C=O) groups excluding carboxylic acids is 2. The molecule has 0 saturated carbocycles. The van der Waals surface area contributed by atoms with Gasteiger partial charge in [0.25, 0.3) is 0 Å². The maximum absolute atomic E-state index is 12.0. The highest BCUT2D eigenvalue weighted by Gasteiger charge is 2.30. The number of carbonyl (C=O) groups is 2. The Hall–Kier alpha value is -1.10. The van der Waals surface area contributed by atoms with E-state index >= 15 is 0 Å². The Morgan fingerprint density at radius 2 is 2.06 bits per heavy atom. The van der Waals surface area contributed by atoms with Gasteiger partial charge in [0.2, 0.25) is 11.8 Å². The van der Waals surface area contributed by atoms with Crippen LogP contribution in [0.5, 0.6) is 0 Å². The van der Waals surface area contributed by atoms with Crippen LogP contribution in [0.25, 0.3) is 0 Å². The summed E-state index contributed by atoms with van der Waals surface area (Å²) in [5.74, 6) is 0.0243. The molecule has 0 aliphatic carbocycles. The van der Waals surface area contributed by atoms with Crippen molar-refractivity contribution in [3.63, 3.8) is 0 Å². The fraction of sp³-hybridized carbons (Fsp3) is 0.833. The number of hydrogen-bond donors (Lipinski definition) is 1. The average molecular weight is 239 g/mol. The van der Waals surface area contributed by atoms with Crippen molar-refractivity contribution in [3.05, 3.63) is 0 Å². The zero-order valence-electron chi connectivity index (χ0n) is 10.6. The Bertz CT molecular complexity index is 319. The number of nitrogens with zero attached hydrogens (tertiary/aromatic N) is 2. The van der Waals surface area contributed by atoms with E-state index in [9.17, 15) is 9.59 Å². The minimum absolute atomic E-state index is 0.0618. The Morgan fingerprint density at radius 3 is 2.65 bits per heavy atom. The first-order valence-corrected chi connectivity index (χ1v) is 6.29. The molecule has 2 fully saturated rings. The third kappa shape index (κ3) is 2.97. The number of rotatable bonds is 2. The second-order valence-electron chi connectivity index (χ2n) is 5.26. The van der Waals surface area contributed by atoms with Crippen molar-refractivity contribution in [1.82, 2.24) is 15.1 Å². The van der Waals surface area contributed by atoms with Gasteiger partial charge in [0.1, 0.15) is 0 Å². The molecular formula is C12H21N3O2. The van der Waals surface area contributed by atoms with Crippen molar-refractivity contribution >= 4 is 11.8 Å². The second-order valence-corrected chi connectivity index (χ2v) is 5.26. The molecule has 5 heteroatoms. The quantitative estimate of drug-likeness (QED) is 0.718. The van der Waals surface area contributed by atoms with Crippen LogP contribution in [-0.4, -0.2) is 61.4 Å². The summed E-state index contributed by atoms with van der Waals surface area (Å²) in [7, 11) is 3.85. The lowest BCUT2D eigenvalue weighted by Gasteiger charge is -2.28. The van der Waals surface area contributed by atoms with Crippen molar-refractivity contribution in [3.8, 4) is 0 Å². The molecule has 0 radical (unpaired) electrons. The monoisotopic (exact) mass is 239 g/mol. The van der Waals surface area contributed by atoms with Gasteiger partial charge in [0.05, 0.1) is 0 Å². The number of likely N-dealkylation sites (N-methyl/N-ethyl adjacent to an activating group) is 1. The van der Waals surface area contributed by atoms with Gasteiger partial charge in [-0.1, -0.05) is 0 Å². The molecule has 96 valence electrons. The van der Waals surface area contributed by atoms with Gasteiger partial charge in [0.15, 0.2) is 0 Å². The number of hydrogen-bond acceptors (Lipinski definition) is 3. The van der Waals surface area contributed by atoms with Gasteiger partial charge in [-0.25, -0.2) is 0 Å². The Kier molecular flexibility index (Phi) is 3.66. The molecule has 2 aliphatic rings. The van der Waals surface area contributed by atoms with Crippen LogP contribution < -0.4 is 5.32 Å². The van der Waals surface area contributed by atoms with Crippen LogP contribution in [0.4, 0.5) is 0 Å². The standard InChI is InChI=1S/C12H21N3O2/c1-14-5-4-10(8-14)13-12(17)9-3-6-15(2)11(16)7-9/h9-10H,3-8H2,1-2H3,(H,13,17). The second kappa shape index (κ2) is 5.04. The molecular weight excluding hydrogens is 218 g/mol. The lowest BCUT2D eigenvalue weighted by molar-refractivity contribution is -0.139. The lowest BCUT2D eigenvalue weighted by Crippen LogP contribution is -2.45. The van der Waals surface area contributed by atoms with Crippen LogP contribution in [0, 0.1) is 5.92 Å². The van der Waals surface area contributed by atoms with E-state index in [1.165, 1.54) is 0 Å². The molecule has 2 rings (SSSR count). The molecule has 0 aromatic carbocycles. The Morgan fingerprint density at radius 1 is 1.29 bits per heavy atom. The van der Waals surface area contributed by atoms with Crippen molar-refractivity contribution in [2.45, 2.75) is 25.3 Å². The average Bonchev–Trinajstić information content (AvgIpc) is 2.68. The summed E-state index contributed by atoms with van der Waals surface area (Å²) in [6.45, 7) is 2.66.